The lowest BCUT2D eigenvalue weighted by Crippen LogP contribution is -2.42. The van der Waals surface area contributed by atoms with E-state index in [2.05, 4.69) is 5.32 Å². The van der Waals surface area contributed by atoms with Gasteiger partial charge in [0.2, 0.25) is 11.8 Å². The number of carbonyl (C=O) groups excluding carboxylic acids is 2. The van der Waals surface area contributed by atoms with Crippen LogP contribution in [0, 0.1) is 5.92 Å². The molecule has 108 valence electrons. The summed E-state index contributed by atoms with van der Waals surface area (Å²) in [5, 5.41) is 11.1. The summed E-state index contributed by atoms with van der Waals surface area (Å²) in [7, 11) is 0. The lowest BCUT2D eigenvalue weighted by atomic mass is 10.1. The van der Waals surface area contributed by atoms with Crippen LogP contribution in [-0.4, -0.2) is 40.4 Å². The second kappa shape index (κ2) is 5.77. The molecular weight excluding hydrogens is 264 g/mol. The molecule has 1 aromatic heterocycles. The number of aliphatic carboxylic acids is 1. The normalized spacial score (nSPS) is 19.9. The SMILES string of the molecule is CC(NC(=O)C1CC(=O)N(Cc2ccco2)C1)C(=O)O. The fraction of sp³-hybridized carbons (Fsp3) is 0.462. The van der Waals surface area contributed by atoms with E-state index in [9.17, 15) is 14.4 Å². The average molecular weight is 280 g/mol. The van der Waals surface area contributed by atoms with Gasteiger partial charge in [0, 0.05) is 13.0 Å². The van der Waals surface area contributed by atoms with Crippen LogP contribution in [0.5, 0.6) is 0 Å². The lowest BCUT2D eigenvalue weighted by molar-refractivity contribution is -0.141. The van der Waals surface area contributed by atoms with Gasteiger partial charge in [0.15, 0.2) is 0 Å². The van der Waals surface area contributed by atoms with E-state index in [4.69, 9.17) is 9.52 Å². The summed E-state index contributed by atoms with van der Waals surface area (Å²) in [5.74, 6) is -1.51. The first-order valence-electron chi connectivity index (χ1n) is 6.30. The fourth-order valence-corrected chi connectivity index (χ4v) is 2.08. The smallest absolute Gasteiger partial charge is 0.325 e. The van der Waals surface area contributed by atoms with E-state index in [1.165, 1.54) is 18.1 Å². The Labute approximate surface area is 115 Å². The van der Waals surface area contributed by atoms with Gasteiger partial charge in [-0.1, -0.05) is 0 Å². The van der Waals surface area contributed by atoms with Crippen molar-refractivity contribution in [2.45, 2.75) is 25.9 Å². The van der Waals surface area contributed by atoms with Gasteiger partial charge in [0.1, 0.15) is 11.8 Å². The van der Waals surface area contributed by atoms with Crippen LogP contribution in [0.1, 0.15) is 19.1 Å². The Morgan fingerprint density at radius 1 is 1.60 bits per heavy atom. The van der Waals surface area contributed by atoms with Crippen molar-refractivity contribution in [1.82, 2.24) is 10.2 Å². The van der Waals surface area contributed by atoms with E-state index in [0.717, 1.165) is 0 Å². The Kier molecular flexibility index (Phi) is 4.07. The maximum atomic E-state index is 11.9. The molecule has 1 aliphatic rings. The summed E-state index contributed by atoms with van der Waals surface area (Å²) < 4.78 is 5.16. The first kappa shape index (κ1) is 14.1. The molecule has 0 radical (unpaired) electrons. The number of rotatable bonds is 5. The van der Waals surface area contributed by atoms with E-state index in [-0.39, 0.29) is 18.9 Å². The maximum Gasteiger partial charge on any atom is 0.325 e. The number of hydrogen-bond acceptors (Lipinski definition) is 4. The predicted molar refractivity (Wildman–Crippen MR) is 67.5 cm³/mol. The minimum atomic E-state index is -1.10. The Hall–Kier alpha value is -2.31. The second-order valence-corrected chi connectivity index (χ2v) is 4.82. The molecule has 2 amide bonds. The van der Waals surface area contributed by atoms with Gasteiger partial charge in [-0.15, -0.1) is 0 Å². The van der Waals surface area contributed by atoms with Crippen molar-refractivity contribution in [3.05, 3.63) is 24.2 Å². The number of carbonyl (C=O) groups is 3. The zero-order chi connectivity index (χ0) is 14.7. The monoisotopic (exact) mass is 280 g/mol. The first-order chi connectivity index (χ1) is 9.47. The van der Waals surface area contributed by atoms with Crippen molar-refractivity contribution in [3.63, 3.8) is 0 Å². The number of nitrogens with one attached hydrogen (secondary N) is 1. The zero-order valence-corrected chi connectivity index (χ0v) is 11.0. The summed E-state index contributed by atoms with van der Waals surface area (Å²) in [5.41, 5.74) is 0. The Bertz CT molecular complexity index is 511. The third-order valence-corrected chi connectivity index (χ3v) is 3.24. The van der Waals surface area contributed by atoms with Gasteiger partial charge in [-0.3, -0.25) is 14.4 Å². The van der Waals surface area contributed by atoms with E-state index < -0.39 is 23.8 Å². The van der Waals surface area contributed by atoms with E-state index in [1.54, 1.807) is 12.1 Å². The van der Waals surface area contributed by atoms with Crippen LogP contribution in [0.2, 0.25) is 0 Å². The van der Waals surface area contributed by atoms with Gasteiger partial charge in [-0.25, -0.2) is 0 Å². The minimum absolute atomic E-state index is 0.0961. The number of carboxylic acids is 1. The van der Waals surface area contributed by atoms with Crippen LogP contribution in [0.25, 0.3) is 0 Å². The fourth-order valence-electron chi connectivity index (χ4n) is 2.08. The Morgan fingerprint density at radius 2 is 2.35 bits per heavy atom. The highest BCUT2D eigenvalue weighted by molar-refractivity contribution is 5.91. The standard InChI is InChI=1S/C13H16N2O5/c1-8(13(18)19)14-12(17)9-5-11(16)15(6-9)7-10-3-2-4-20-10/h2-4,8-9H,5-7H2,1H3,(H,14,17)(H,18,19). The molecule has 0 bridgehead atoms. The van der Waals surface area contributed by atoms with E-state index >= 15 is 0 Å². The molecule has 2 unspecified atom stereocenters. The molecule has 7 heteroatoms. The molecule has 7 nitrogen and oxygen atoms in total. The number of furan rings is 1. The van der Waals surface area contributed by atoms with Crippen molar-refractivity contribution in [2.75, 3.05) is 6.54 Å². The summed E-state index contributed by atoms with van der Waals surface area (Å²) >= 11 is 0. The predicted octanol–water partition coefficient (Wildman–Crippen LogP) is 0.217. The molecule has 0 saturated carbocycles. The van der Waals surface area contributed by atoms with E-state index in [0.29, 0.717) is 12.3 Å². The molecule has 20 heavy (non-hydrogen) atoms. The van der Waals surface area contributed by atoms with Gasteiger partial charge in [0.05, 0.1) is 18.7 Å². The van der Waals surface area contributed by atoms with Crippen LogP contribution in [-0.2, 0) is 20.9 Å². The van der Waals surface area contributed by atoms with Gasteiger partial charge >= 0.3 is 5.97 Å². The Balaban J connectivity index is 1.91. The summed E-state index contributed by atoms with van der Waals surface area (Å²) in [6, 6.07) is 2.53. The third kappa shape index (κ3) is 3.17. The van der Waals surface area contributed by atoms with Crippen molar-refractivity contribution < 1.29 is 23.9 Å². The number of carboxylic acid groups (broad SMARTS) is 1. The highest BCUT2D eigenvalue weighted by Gasteiger charge is 2.35. The number of hydrogen-bond donors (Lipinski definition) is 2. The van der Waals surface area contributed by atoms with Crippen LogP contribution >= 0.6 is 0 Å². The summed E-state index contributed by atoms with van der Waals surface area (Å²) in [6.45, 7) is 1.99. The van der Waals surface area contributed by atoms with Crippen LogP contribution < -0.4 is 5.32 Å². The summed E-state index contributed by atoms with van der Waals surface area (Å²) in [4.78, 5) is 35.9. The van der Waals surface area contributed by atoms with Gasteiger partial charge in [-0.2, -0.15) is 0 Å². The quantitative estimate of drug-likeness (QED) is 0.803. The molecule has 0 aromatic carbocycles. The Morgan fingerprint density at radius 3 is 2.95 bits per heavy atom. The molecule has 1 aromatic rings. The highest BCUT2D eigenvalue weighted by Crippen LogP contribution is 2.20. The molecule has 0 spiro atoms. The maximum absolute atomic E-state index is 11.9. The highest BCUT2D eigenvalue weighted by atomic mass is 16.4. The first-order valence-corrected chi connectivity index (χ1v) is 6.30. The second-order valence-electron chi connectivity index (χ2n) is 4.82. The van der Waals surface area contributed by atoms with Crippen molar-refractivity contribution >= 4 is 17.8 Å². The zero-order valence-electron chi connectivity index (χ0n) is 11.0. The van der Waals surface area contributed by atoms with Gasteiger partial charge in [-0.05, 0) is 19.1 Å². The molecule has 1 fully saturated rings. The molecule has 2 heterocycles. The number of nitrogens with zero attached hydrogens (tertiary/aromatic N) is 1. The van der Waals surface area contributed by atoms with E-state index in [1.807, 2.05) is 0 Å². The number of likely N-dealkylation sites (tertiary alicyclic amines) is 1. The lowest BCUT2D eigenvalue weighted by Gasteiger charge is -2.16. The molecule has 1 aliphatic heterocycles. The molecule has 1 saturated heterocycles. The topological polar surface area (TPSA) is 99.9 Å². The average Bonchev–Trinajstić information content (AvgIpc) is 3.00. The van der Waals surface area contributed by atoms with Crippen molar-refractivity contribution in [1.29, 1.82) is 0 Å². The minimum Gasteiger partial charge on any atom is -0.480 e. The van der Waals surface area contributed by atoms with Crippen molar-refractivity contribution in [3.8, 4) is 0 Å². The third-order valence-electron chi connectivity index (χ3n) is 3.24. The largest absolute Gasteiger partial charge is 0.480 e. The van der Waals surface area contributed by atoms with Gasteiger partial charge in [0.25, 0.3) is 0 Å². The van der Waals surface area contributed by atoms with Gasteiger partial charge < -0.3 is 19.7 Å². The summed E-state index contributed by atoms with van der Waals surface area (Å²) in [6.07, 6.45) is 1.62. The van der Waals surface area contributed by atoms with Crippen LogP contribution in [0.15, 0.2) is 22.8 Å². The molecule has 2 atom stereocenters. The van der Waals surface area contributed by atoms with Crippen molar-refractivity contribution in [2.24, 2.45) is 5.92 Å². The molecule has 0 aliphatic carbocycles. The number of amides is 2. The molecule has 2 N–H and O–H groups in total. The molecular formula is C13H16N2O5. The van der Waals surface area contributed by atoms with Crippen LogP contribution in [0.3, 0.4) is 0 Å². The van der Waals surface area contributed by atoms with Crippen LogP contribution in [0.4, 0.5) is 0 Å². The molecule has 2 rings (SSSR count).